The van der Waals surface area contributed by atoms with Gasteiger partial charge in [0.2, 0.25) is 0 Å². The maximum atomic E-state index is 11.3. The highest BCUT2D eigenvalue weighted by Crippen LogP contribution is 2.19. The van der Waals surface area contributed by atoms with Crippen molar-refractivity contribution in [2.24, 2.45) is 0 Å². The van der Waals surface area contributed by atoms with Crippen LogP contribution in [0.1, 0.15) is 48.2 Å². The minimum absolute atomic E-state index is 0.250. The summed E-state index contributed by atoms with van der Waals surface area (Å²) in [6.07, 6.45) is 7.59. The average Bonchev–Trinajstić information content (AvgIpc) is 2.83. The molecule has 1 aromatic heterocycles. The zero-order chi connectivity index (χ0) is 14.3. The van der Waals surface area contributed by atoms with Crippen LogP contribution < -0.4 is 0 Å². The molecule has 0 saturated carbocycles. The highest BCUT2D eigenvalue weighted by molar-refractivity contribution is 7.13. The lowest BCUT2D eigenvalue weighted by Crippen LogP contribution is -1.96. The first-order valence-corrected chi connectivity index (χ1v) is 7.30. The van der Waals surface area contributed by atoms with Crippen LogP contribution in [-0.4, -0.2) is 13.1 Å². The van der Waals surface area contributed by atoms with Gasteiger partial charge in [-0.25, -0.2) is 4.79 Å². The van der Waals surface area contributed by atoms with Gasteiger partial charge in [0, 0.05) is 11.3 Å². The van der Waals surface area contributed by atoms with Crippen molar-refractivity contribution in [1.29, 1.82) is 0 Å². The topological polar surface area (TPSA) is 26.3 Å². The van der Waals surface area contributed by atoms with Gasteiger partial charge in [-0.15, -0.1) is 11.3 Å². The Morgan fingerprint density at radius 3 is 2.63 bits per heavy atom. The molecule has 0 aliphatic rings. The van der Waals surface area contributed by atoms with Crippen LogP contribution in [-0.2, 0) is 11.2 Å². The summed E-state index contributed by atoms with van der Waals surface area (Å²) < 4.78 is 4.70. The second-order valence-corrected chi connectivity index (χ2v) is 6.00. The summed E-state index contributed by atoms with van der Waals surface area (Å²) >= 11 is 1.51. The van der Waals surface area contributed by atoms with Gasteiger partial charge in [0.25, 0.3) is 0 Å². The predicted octanol–water partition coefficient (Wildman–Crippen LogP) is 4.77. The van der Waals surface area contributed by atoms with E-state index in [1.807, 2.05) is 12.1 Å². The van der Waals surface area contributed by atoms with Crippen LogP contribution in [0.5, 0.6) is 0 Å². The average molecular weight is 278 g/mol. The van der Waals surface area contributed by atoms with E-state index in [0.717, 1.165) is 19.3 Å². The third-order valence-electron chi connectivity index (χ3n) is 2.79. The number of allylic oxidation sites excluding steroid dienone is 4. The summed E-state index contributed by atoms with van der Waals surface area (Å²) in [5, 5.41) is 0. The van der Waals surface area contributed by atoms with Gasteiger partial charge >= 0.3 is 5.97 Å². The second kappa shape index (κ2) is 7.95. The number of hydrogen-bond acceptors (Lipinski definition) is 3. The predicted molar refractivity (Wildman–Crippen MR) is 81.8 cm³/mol. The Labute approximate surface area is 119 Å². The number of thiophene rings is 1. The SMILES string of the molecule is COC(=O)c1ccc(C/C=C(\C)CCC=C(C)C)s1. The molecule has 0 aliphatic carbocycles. The van der Waals surface area contributed by atoms with Crippen LogP contribution in [0.2, 0.25) is 0 Å². The van der Waals surface area contributed by atoms with Gasteiger partial charge in [-0.2, -0.15) is 0 Å². The fourth-order valence-corrected chi connectivity index (χ4v) is 2.55. The van der Waals surface area contributed by atoms with E-state index in [9.17, 15) is 4.79 Å². The van der Waals surface area contributed by atoms with E-state index in [0.29, 0.717) is 4.88 Å². The summed E-state index contributed by atoms with van der Waals surface area (Å²) in [4.78, 5) is 13.2. The molecular formula is C16H22O2S. The zero-order valence-electron chi connectivity index (χ0n) is 12.2. The van der Waals surface area contributed by atoms with E-state index in [1.54, 1.807) is 0 Å². The highest BCUT2D eigenvalue weighted by atomic mass is 32.1. The zero-order valence-corrected chi connectivity index (χ0v) is 13.0. The first kappa shape index (κ1) is 15.7. The van der Waals surface area contributed by atoms with Crippen LogP contribution >= 0.6 is 11.3 Å². The van der Waals surface area contributed by atoms with Crippen molar-refractivity contribution in [3.63, 3.8) is 0 Å². The molecule has 0 saturated heterocycles. The van der Waals surface area contributed by atoms with E-state index in [4.69, 9.17) is 4.74 Å². The molecule has 0 aliphatic heterocycles. The molecule has 19 heavy (non-hydrogen) atoms. The summed E-state index contributed by atoms with van der Waals surface area (Å²) in [6.45, 7) is 6.41. The lowest BCUT2D eigenvalue weighted by Gasteiger charge is -1.98. The molecule has 3 heteroatoms. The number of carbonyl (C=O) groups is 1. The third-order valence-corrected chi connectivity index (χ3v) is 3.88. The van der Waals surface area contributed by atoms with E-state index in [2.05, 4.69) is 32.9 Å². The van der Waals surface area contributed by atoms with Crippen LogP contribution in [0.4, 0.5) is 0 Å². The second-order valence-electron chi connectivity index (χ2n) is 4.83. The standard InChI is InChI=1S/C16H22O2S/c1-12(2)6-5-7-13(3)8-9-14-10-11-15(19-14)16(17)18-4/h6,8,10-11H,5,7,9H2,1-4H3/b13-8+. The Morgan fingerprint density at radius 1 is 1.26 bits per heavy atom. The van der Waals surface area contributed by atoms with Gasteiger partial charge in [-0.1, -0.05) is 23.3 Å². The molecule has 0 bridgehead atoms. The summed E-state index contributed by atoms with van der Waals surface area (Å²) in [6, 6.07) is 3.83. The smallest absolute Gasteiger partial charge is 0.348 e. The van der Waals surface area contributed by atoms with Crippen molar-refractivity contribution in [3.8, 4) is 0 Å². The summed E-state index contributed by atoms with van der Waals surface area (Å²) in [5.41, 5.74) is 2.76. The van der Waals surface area contributed by atoms with Crippen LogP contribution in [0.15, 0.2) is 35.4 Å². The van der Waals surface area contributed by atoms with Gasteiger partial charge in [0.15, 0.2) is 0 Å². The van der Waals surface area contributed by atoms with Crippen molar-refractivity contribution >= 4 is 17.3 Å². The van der Waals surface area contributed by atoms with Crippen molar-refractivity contribution in [1.82, 2.24) is 0 Å². The van der Waals surface area contributed by atoms with Crippen LogP contribution in [0.25, 0.3) is 0 Å². The minimum atomic E-state index is -0.250. The van der Waals surface area contributed by atoms with E-state index in [1.165, 1.54) is 34.5 Å². The maximum absolute atomic E-state index is 11.3. The Kier molecular flexibility index (Phi) is 6.57. The lowest BCUT2D eigenvalue weighted by molar-refractivity contribution is 0.0606. The molecule has 0 fully saturated rings. The molecule has 1 heterocycles. The molecule has 0 N–H and O–H groups in total. The van der Waals surface area contributed by atoms with Crippen molar-refractivity contribution in [2.75, 3.05) is 7.11 Å². The number of ether oxygens (including phenoxy) is 1. The van der Waals surface area contributed by atoms with Gasteiger partial charge in [-0.05, 0) is 45.7 Å². The van der Waals surface area contributed by atoms with Gasteiger partial charge in [-0.3, -0.25) is 0 Å². The molecule has 104 valence electrons. The Hall–Kier alpha value is -1.35. The monoisotopic (exact) mass is 278 g/mol. The maximum Gasteiger partial charge on any atom is 0.348 e. The molecule has 0 unspecified atom stereocenters. The number of esters is 1. The van der Waals surface area contributed by atoms with Crippen molar-refractivity contribution in [3.05, 3.63) is 45.2 Å². The highest BCUT2D eigenvalue weighted by Gasteiger charge is 2.07. The lowest BCUT2D eigenvalue weighted by atomic mass is 10.1. The molecule has 0 radical (unpaired) electrons. The van der Waals surface area contributed by atoms with Crippen molar-refractivity contribution in [2.45, 2.75) is 40.0 Å². The third kappa shape index (κ3) is 5.88. The molecule has 1 aromatic rings. The first-order chi connectivity index (χ1) is 9.02. The Bertz CT molecular complexity index is 477. The van der Waals surface area contributed by atoms with Gasteiger partial charge < -0.3 is 4.74 Å². The van der Waals surface area contributed by atoms with Crippen molar-refractivity contribution < 1.29 is 9.53 Å². The molecule has 0 spiro atoms. The van der Waals surface area contributed by atoms with E-state index < -0.39 is 0 Å². The fraction of sp³-hybridized carbons (Fsp3) is 0.438. The summed E-state index contributed by atoms with van der Waals surface area (Å²) in [7, 11) is 1.41. The van der Waals surface area contributed by atoms with Gasteiger partial charge in [0.1, 0.15) is 4.88 Å². The largest absolute Gasteiger partial charge is 0.465 e. The number of methoxy groups -OCH3 is 1. The molecule has 0 atom stereocenters. The molecule has 0 aromatic carbocycles. The first-order valence-electron chi connectivity index (χ1n) is 6.49. The Balaban J connectivity index is 2.49. The molecule has 1 rings (SSSR count). The number of rotatable bonds is 6. The Morgan fingerprint density at radius 2 is 2.00 bits per heavy atom. The quantitative estimate of drug-likeness (QED) is 0.553. The van der Waals surface area contributed by atoms with Crippen LogP contribution in [0, 0.1) is 0 Å². The van der Waals surface area contributed by atoms with Gasteiger partial charge in [0.05, 0.1) is 7.11 Å². The molecule has 0 amide bonds. The van der Waals surface area contributed by atoms with E-state index >= 15 is 0 Å². The van der Waals surface area contributed by atoms with E-state index in [-0.39, 0.29) is 5.97 Å². The minimum Gasteiger partial charge on any atom is -0.465 e. The number of carbonyl (C=O) groups excluding carboxylic acids is 1. The van der Waals surface area contributed by atoms with Crippen LogP contribution in [0.3, 0.4) is 0 Å². The fourth-order valence-electron chi connectivity index (χ4n) is 1.66. The number of hydrogen-bond donors (Lipinski definition) is 0. The molecule has 2 nitrogen and oxygen atoms in total. The molecular weight excluding hydrogens is 256 g/mol. The summed E-state index contributed by atoms with van der Waals surface area (Å²) in [5.74, 6) is -0.250. The normalized spacial score (nSPS) is 11.3.